The molecule has 5 nitrogen and oxygen atoms in total. The van der Waals surface area contributed by atoms with Gasteiger partial charge in [-0.2, -0.15) is 0 Å². The predicted octanol–water partition coefficient (Wildman–Crippen LogP) is 4.28. The largest absolute Gasteiger partial charge is 0.349 e. The van der Waals surface area contributed by atoms with Gasteiger partial charge >= 0.3 is 0 Å². The van der Waals surface area contributed by atoms with E-state index in [1.807, 2.05) is 5.38 Å². The maximum atomic E-state index is 13.3. The second kappa shape index (κ2) is 8.22. The Balaban J connectivity index is 1.69. The molecule has 1 N–H and O–H groups in total. The lowest BCUT2D eigenvalue weighted by molar-refractivity contribution is -0.122. The fourth-order valence-corrected chi connectivity index (χ4v) is 3.82. The number of nitrogens with one attached hydrogen (secondary N) is 1. The minimum Gasteiger partial charge on any atom is -0.349 e. The van der Waals surface area contributed by atoms with Crippen LogP contribution in [0.4, 0.5) is 4.39 Å². The number of aryl methyl sites for hydroxylation is 1. The Morgan fingerprint density at radius 1 is 1.25 bits per heavy atom. The molecule has 28 heavy (non-hydrogen) atoms. The zero-order chi connectivity index (χ0) is 20.3. The van der Waals surface area contributed by atoms with Crippen molar-refractivity contribution in [2.24, 2.45) is 5.41 Å². The van der Waals surface area contributed by atoms with Crippen LogP contribution in [0.15, 0.2) is 46.8 Å². The number of benzene rings is 1. The number of hydrogen-bond acceptors (Lipinski definition) is 4. The smallest absolute Gasteiger partial charge is 0.262 e. The number of thiophene rings is 1. The summed E-state index contributed by atoms with van der Waals surface area (Å²) in [6.45, 7) is 6.54. The lowest BCUT2D eigenvalue weighted by Gasteiger charge is -2.27. The monoisotopic (exact) mass is 401 g/mol. The highest BCUT2D eigenvalue weighted by molar-refractivity contribution is 7.16. The molecule has 1 atom stereocenters. The minimum atomic E-state index is -0.305. The normalized spacial score (nSPS) is 12.9. The van der Waals surface area contributed by atoms with Gasteiger partial charge in [-0.3, -0.25) is 14.2 Å². The maximum Gasteiger partial charge on any atom is 0.262 e. The van der Waals surface area contributed by atoms with Gasteiger partial charge in [-0.05, 0) is 41.0 Å². The summed E-state index contributed by atoms with van der Waals surface area (Å²) in [7, 11) is 0. The Bertz CT molecular complexity index is 1020. The van der Waals surface area contributed by atoms with Gasteiger partial charge in [0.15, 0.2) is 0 Å². The van der Waals surface area contributed by atoms with Gasteiger partial charge in [0.25, 0.3) is 5.56 Å². The Hall–Kier alpha value is -2.54. The number of amides is 1. The van der Waals surface area contributed by atoms with Crippen molar-refractivity contribution in [3.05, 3.63) is 63.8 Å². The van der Waals surface area contributed by atoms with E-state index in [1.165, 1.54) is 34.4 Å². The molecule has 0 saturated carbocycles. The van der Waals surface area contributed by atoms with E-state index < -0.39 is 0 Å². The predicted molar refractivity (Wildman–Crippen MR) is 110 cm³/mol. The van der Waals surface area contributed by atoms with Gasteiger partial charge in [0.2, 0.25) is 5.91 Å². The average Bonchev–Trinajstić information content (AvgIpc) is 3.10. The highest BCUT2D eigenvalue weighted by atomic mass is 32.1. The zero-order valence-electron chi connectivity index (χ0n) is 16.2. The number of rotatable bonds is 6. The first-order valence-corrected chi connectivity index (χ1v) is 10.1. The van der Waals surface area contributed by atoms with Crippen LogP contribution in [0, 0.1) is 11.2 Å². The van der Waals surface area contributed by atoms with Crippen LogP contribution >= 0.6 is 11.3 Å². The van der Waals surface area contributed by atoms with Crippen molar-refractivity contribution in [1.82, 2.24) is 14.9 Å². The number of carbonyl (C=O) groups is 1. The molecular weight excluding hydrogens is 377 g/mol. The molecule has 2 heterocycles. The quantitative estimate of drug-likeness (QED) is 0.670. The van der Waals surface area contributed by atoms with Crippen molar-refractivity contribution < 1.29 is 9.18 Å². The lowest BCUT2D eigenvalue weighted by Crippen LogP contribution is -2.32. The highest BCUT2D eigenvalue weighted by Crippen LogP contribution is 2.29. The van der Waals surface area contributed by atoms with Crippen LogP contribution in [-0.2, 0) is 11.3 Å². The van der Waals surface area contributed by atoms with Gasteiger partial charge in [-0.15, -0.1) is 11.3 Å². The van der Waals surface area contributed by atoms with Crippen LogP contribution < -0.4 is 10.9 Å². The first-order valence-electron chi connectivity index (χ1n) is 9.20. The van der Waals surface area contributed by atoms with E-state index in [0.717, 1.165) is 5.56 Å². The fraction of sp³-hybridized carbons (Fsp3) is 0.381. The number of aromatic nitrogens is 2. The van der Waals surface area contributed by atoms with Crippen molar-refractivity contribution in [3.8, 4) is 0 Å². The molecular formula is C21H24FN3O2S. The summed E-state index contributed by atoms with van der Waals surface area (Å²) < 4.78 is 14.7. The molecule has 0 spiro atoms. The minimum absolute atomic E-state index is 0.0167. The van der Waals surface area contributed by atoms with Gasteiger partial charge in [0, 0.05) is 13.0 Å². The first-order chi connectivity index (χ1) is 13.2. The van der Waals surface area contributed by atoms with Crippen molar-refractivity contribution in [3.63, 3.8) is 0 Å². The number of carbonyl (C=O) groups excluding carboxylic acids is 1. The number of hydrogen-bond donors (Lipinski definition) is 1. The second-order valence-corrected chi connectivity index (χ2v) is 8.96. The highest BCUT2D eigenvalue weighted by Gasteiger charge is 2.22. The zero-order valence-corrected chi connectivity index (χ0v) is 17.1. The standard InChI is InChI=1S/C21H24FN3O2S/c1-21(2,3)12-17(14-4-6-15(22)7-5-14)24-18(26)8-10-25-13-23-19-16(20(25)27)9-11-28-19/h4-7,9,11,13,17H,8,10,12H2,1-3H3,(H,24,26). The molecule has 3 rings (SSSR count). The third-order valence-electron chi connectivity index (χ3n) is 4.45. The summed E-state index contributed by atoms with van der Waals surface area (Å²) in [4.78, 5) is 29.9. The molecule has 148 valence electrons. The molecule has 1 aromatic carbocycles. The number of fused-ring (bicyclic) bond motifs is 1. The fourth-order valence-electron chi connectivity index (χ4n) is 3.10. The third kappa shape index (κ3) is 5.04. The topological polar surface area (TPSA) is 64.0 Å². The Morgan fingerprint density at radius 2 is 1.96 bits per heavy atom. The van der Waals surface area contributed by atoms with Gasteiger partial charge in [0.1, 0.15) is 10.6 Å². The molecule has 0 aliphatic heterocycles. The Labute approximate surface area is 167 Å². The molecule has 7 heteroatoms. The van der Waals surface area contributed by atoms with Crippen LogP contribution in [0.5, 0.6) is 0 Å². The van der Waals surface area contributed by atoms with Crippen LogP contribution in [0.1, 0.15) is 45.2 Å². The molecule has 1 amide bonds. The summed E-state index contributed by atoms with van der Waals surface area (Å²) in [6.07, 6.45) is 2.37. The second-order valence-electron chi connectivity index (χ2n) is 8.07. The van der Waals surface area contributed by atoms with E-state index in [0.29, 0.717) is 16.6 Å². The molecule has 3 aromatic rings. The lowest BCUT2D eigenvalue weighted by atomic mass is 9.85. The summed E-state index contributed by atoms with van der Waals surface area (Å²) in [5, 5.41) is 5.44. The summed E-state index contributed by atoms with van der Waals surface area (Å²) in [5.74, 6) is -0.462. The average molecular weight is 402 g/mol. The summed E-state index contributed by atoms with van der Waals surface area (Å²) >= 11 is 1.42. The van der Waals surface area contributed by atoms with E-state index in [2.05, 4.69) is 31.1 Å². The maximum absolute atomic E-state index is 13.3. The molecule has 0 fully saturated rings. The van der Waals surface area contributed by atoms with E-state index >= 15 is 0 Å². The van der Waals surface area contributed by atoms with Gasteiger partial charge in [0.05, 0.1) is 17.8 Å². The summed E-state index contributed by atoms with van der Waals surface area (Å²) in [6, 6.07) is 7.73. The molecule has 0 aliphatic rings. The molecule has 0 aliphatic carbocycles. The summed E-state index contributed by atoms with van der Waals surface area (Å²) in [5.41, 5.74) is 0.712. The van der Waals surface area contributed by atoms with Crippen molar-refractivity contribution in [1.29, 1.82) is 0 Å². The van der Waals surface area contributed by atoms with Crippen molar-refractivity contribution in [2.75, 3.05) is 0 Å². The van der Waals surface area contributed by atoms with E-state index in [9.17, 15) is 14.0 Å². The molecule has 0 radical (unpaired) electrons. The molecule has 1 unspecified atom stereocenters. The first kappa shape index (κ1) is 20.2. The van der Waals surface area contributed by atoms with Crippen molar-refractivity contribution >= 4 is 27.5 Å². The van der Waals surface area contributed by atoms with Crippen LogP contribution in [0.3, 0.4) is 0 Å². The molecule has 0 saturated heterocycles. The Morgan fingerprint density at radius 3 is 2.64 bits per heavy atom. The van der Waals surface area contributed by atoms with E-state index in [4.69, 9.17) is 0 Å². The van der Waals surface area contributed by atoms with Crippen molar-refractivity contribution in [2.45, 2.75) is 46.2 Å². The van der Waals surface area contributed by atoms with Gasteiger partial charge in [-0.1, -0.05) is 32.9 Å². The third-order valence-corrected chi connectivity index (χ3v) is 5.28. The van der Waals surface area contributed by atoms with E-state index in [-0.39, 0.29) is 41.7 Å². The van der Waals surface area contributed by atoms with Crippen LogP contribution in [0.2, 0.25) is 0 Å². The number of halogens is 1. The Kier molecular flexibility index (Phi) is 5.93. The van der Waals surface area contributed by atoms with Gasteiger partial charge < -0.3 is 5.32 Å². The molecule has 2 aromatic heterocycles. The van der Waals surface area contributed by atoms with Gasteiger partial charge in [-0.25, -0.2) is 9.37 Å². The van der Waals surface area contributed by atoms with Crippen LogP contribution in [0.25, 0.3) is 10.2 Å². The SMILES string of the molecule is CC(C)(C)CC(NC(=O)CCn1cnc2sccc2c1=O)c1ccc(F)cc1. The van der Waals surface area contributed by atoms with E-state index in [1.54, 1.807) is 18.2 Å². The molecule has 0 bridgehead atoms. The van der Waals surface area contributed by atoms with Crippen LogP contribution in [-0.4, -0.2) is 15.5 Å². The number of nitrogens with zero attached hydrogens (tertiary/aromatic N) is 2.